The van der Waals surface area contributed by atoms with Crippen LogP contribution in [0.5, 0.6) is 0 Å². The maximum atomic E-state index is 12.0. The lowest BCUT2D eigenvalue weighted by Gasteiger charge is -2.35. The Bertz CT molecular complexity index is 587. The molecule has 0 aromatic carbocycles. The van der Waals surface area contributed by atoms with Crippen LogP contribution in [0.1, 0.15) is 37.4 Å². The Morgan fingerprint density at radius 3 is 3.05 bits per heavy atom. The molecule has 22 heavy (non-hydrogen) atoms. The van der Waals surface area contributed by atoms with E-state index in [1.165, 1.54) is 24.2 Å². The summed E-state index contributed by atoms with van der Waals surface area (Å²) < 4.78 is 0. The van der Waals surface area contributed by atoms with Gasteiger partial charge < -0.3 is 5.32 Å². The van der Waals surface area contributed by atoms with Gasteiger partial charge in [-0.2, -0.15) is 0 Å². The minimum atomic E-state index is 0.0281. The Hall–Kier alpha value is -1.79. The Kier molecular flexibility index (Phi) is 5.13. The molecule has 1 aliphatic rings. The van der Waals surface area contributed by atoms with Crippen LogP contribution >= 0.6 is 11.3 Å². The Labute approximate surface area is 134 Å². The number of hydrogen-bond acceptors (Lipinski definition) is 5. The number of piperidine rings is 1. The van der Waals surface area contributed by atoms with Crippen molar-refractivity contribution in [3.8, 4) is 0 Å². The SMILES string of the molecule is O=C(CCN1CCCC[C@@H]1c1ccccn1)Nc1nccs1. The van der Waals surface area contributed by atoms with E-state index in [-0.39, 0.29) is 5.91 Å². The van der Waals surface area contributed by atoms with Gasteiger partial charge in [-0.25, -0.2) is 4.98 Å². The zero-order valence-electron chi connectivity index (χ0n) is 12.4. The minimum absolute atomic E-state index is 0.0281. The normalized spacial score (nSPS) is 19.0. The summed E-state index contributed by atoms with van der Waals surface area (Å²) in [5.41, 5.74) is 1.11. The lowest BCUT2D eigenvalue weighted by molar-refractivity contribution is -0.116. The van der Waals surface area contributed by atoms with E-state index in [1.807, 2.05) is 23.7 Å². The van der Waals surface area contributed by atoms with Crippen LogP contribution in [-0.4, -0.2) is 33.9 Å². The standard InChI is InChI=1S/C16H20N4OS/c21-15(19-16-18-9-12-22-16)7-11-20-10-4-2-6-14(20)13-5-1-3-8-17-13/h1,3,5,8-9,12,14H,2,4,6-7,10-11H2,(H,18,19,21)/t14-/m1/s1. The molecular weight excluding hydrogens is 296 g/mol. The number of rotatable bonds is 5. The smallest absolute Gasteiger partial charge is 0.227 e. The monoisotopic (exact) mass is 316 g/mol. The molecular formula is C16H20N4OS. The zero-order chi connectivity index (χ0) is 15.2. The molecule has 0 radical (unpaired) electrons. The number of nitrogens with zero attached hydrogens (tertiary/aromatic N) is 3. The lowest BCUT2D eigenvalue weighted by Crippen LogP contribution is -2.36. The molecule has 0 bridgehead atoms. The molecule has 3 heterocycles. The van der Waals surface area contributed by atoms with Crippen LogP contribution in [-0.2, 0) is 4.79 Å². The van der Waals surface area contributed by atoms with E-state index in [2.05, 4.69) is 26.3 Å². The molecule has 2 aromatic heterocycles. The number of thiazole rings is 1. The van der Waals surface area contributed by atoms with E-state index < -0.39 is 0 Å². The average molecular weight is 316 g/mol. The van der Waals surface area contributed by atoms with Crippen molar-refractivity contribution < 1.29 is 4.79 Å². The molecule has 1 atom stereocenters. The summed E-state index contributed by atoms with van der Waals surface area (Å²) in [7, 11) is 0. The molecule has 0 unspecified atom stereocenters. The first kappa shape index (κ1) is 15.1. The van der Waals surface area contributed by atoms with Crippen molar-refractivity contribution in [2.45, 2.75) is 31.7 Å². The first-order valence-electron chi connectivity index (χ1n) is 7.67. The van der Waals surface area contributed by atoms with Crippen molar-refractivity contribution in [2.75, 3.05) is 18.4 Å². The van der Waals surface area contributed by atoms with E-state index in [0.29, 0.717) is 17.6 Å². The van der Waals surface area contributed by atoms with Gasteiger partial charge in [0.15, 0.2) is 5.13 Å². The van der Waals surface area contributed by atoms with Gasteiger partial charge in [-0.05, 0) is 31.5 Å². The van der Waals surface area contributed by atoms with E-state index in [9.17, 15) is 4.79 Å². The third-order valence-corrected chi connectivity index (χ3v) is 4.64. The van der Waals surface area contributed by atoms with Crippen LogP contribution in [0.2, 0.25) is 0 Å². The fourth-order valence-electron chi connectivity index (χ4n) is 2.88. The van der Waals surface area contributed by atoms with Crippen LogP contribution in [0.3, 0.4) is 0 Å². The molecule has 1 saturated heterocycles. The Balaban J connectivity index is 1.56. The molecule has 0 aliphatic carbocycles. The molecule has 6 heteroatoms. The maximum Gasteiger partial charge on any atom is 0.227 e. The molecule has 1 fully saturated rings. The summed E-state index contributed by atoms with van der Waals surface area (Å²) in [6, 6.07) is 6.39. The van der Waals surface area contributed by atoms with Crippen molar-refractivity contribution in [2.24, 2.45) is 0 Å². The molecule has 1 N–H and O–H groups in total. The topological polar surface area (TPSA) is 58.1 Å². The van der Waals surface area contributed by atoms with Crippen molar-refractivity contribution >= 4 is 22.4 Å². The summed E-state index contributed by atoms with van der Waals surface area (Å²) in [5.74, 6) is 0.0281. The number of carbonyl (C=O) groups is 1. The summed E-state index contributed by atoms with van der Waals surface area (Å²) in [4.78, 5) is 23.0. The molecule has 1 amide bonds. The highest BCUT2D eigenvalue weighted by molar-refractivity contribution is 7.13. The third-order valence-electron chi connectivity index (χ3n) is 3.95. The fraction of sp³-hybridized carbons (Fsp3) is 0.438. The van der Waals surface area contributed by atoms with Crippen LogP contribution < -0.4 is 5.32 Å². The van der Waals surface area contributed by atoms with Gasteiger partial charge in [0.25, 0.3) is 0 Å². The van der Waals surface area contributed by atoms with Crippen LogP contribution in [0, 0.1) is 0 Å². The van der Waals surface area contributed by atoms with E-state index >= 15 is 0 Å². The van der Waals surface area contributed by atoms with Gasteiger partial charge in [-0.15, -0.1) is 11.3 Å². The van der Waals surface area contributed by atoms with Crippen molar-refractivity contribution in [1.29, 1.82) is 0 Å². The average Bonchev–Trinajstić information content (AvgIpc) is 3.07. The molecule has 0 saturated carbocycles. The molecule has 0 spiro atoms. The summed E-state index contributed by atoms with van der Waals surface area (Å²) in [5, 5.41) is 5.37. The summed E-state index contributed by atoms with van der Waals surface area (Å²) >= 11 is 1.44. The van der Waals surface area contributed by atoms with Gasteiger partial charge >= 0.3 is 0 Å². The minimum Gasteiger partial charge on any atom is -0.302 e. The zero-order valence-corrected chi connectivity index (χ0v) is 13.3. The molecule has 1 aliphatic heterocycles. The second kappa shape index (κ2) is 7.47. The number of amides is 1. The number of hydrogen-bond donors (Lipinski definition) is 1. The van der Waals surface area contributed by atoms with Crippen LogP contribution in [0.15, 0.2) is 36.0 Å². The third kappa shape index (κ3) is 3.90. The van der Waals surface area contributed by atoms with Crippen molar-refractivity contribution in [1.82, 2.24) is 14.9 Å². The predicted molar refractivity (Wildman–Crippen MR) is 87.8 cm³/mol. The summed E-state index contributed by atoms with van der Waals surface area (Å²) in [6.07, 6.45) is 7.56. The highest BCUT2D eigenvalue weighted by Gasteiger charge is 2.25. The van der Waals surface area contributed by atoms with Gasteiger partial charge in [0.05, 0.1) is 11.7 Å². The van der Waals surface area contributed by atoms with Gasteiger partial charge in [-0.3, -0.25) is 14.7 Å². The van der Waals surface area contributed by atoms with E-state index in [0.717, 1.165) is 25.2 Å². The molecule has 2 aromatic rings. The highest BCUT2D eigenvalue weighted by Crippen LogP contribution is 2.29. The predicted octanol–water partition coefficient (Wildman–Crippen LogP) is 3.09. The van der Waals surface area contributed by atoms with E-state index in [4.69, 9.17) is 0 Å². The Morgan fingerprint density at radius 1 is 1.32 bits per heavy atom. The first-order chi connectivity index (χ1) is 10.8. The highest BCUT2D eigenvalue weighted by atomic mass is 32.1. The van der Waals surface area contributed by atoms with Gasteiger partial charge in [-0.1, -0.05) is 12.5 Å². The largest absolute Gasteiger partial charge is 0.302 e. The molecule has 116 valence electrons. The quantitative estimate of drug-likeness (QED) is 0.921. The van der Waals surface area contributed by atoms with E-state index in [1.54, 1.807) is 6.20 Å². The Morgan fingerprint density at radius 2 is 2.27 bits per heavy atom. The fourth-order valence-corrected chi connectivity index (χ4v) is 3.42. The van der Waals surface area contributed by atoms with Crippen LogP contribution in [0.25, 0.3) is 0 Å². The number of nitrogens with one attached hydrogen (secondary N) is 1. The van der Waals surface area contributed by atoms with Crippen molar-refractivity contribution in [3.05, 3.63) is 41.7 Å². The number of aromatic nitrogens is 2. The molecule has 3 rings (SSSR count). The van der Waals surface area contributed by atoms with Crippen LogP contribution in [0.4, 0.5) is 5.13 Å². The lowest BCUT2D eigenvalue weighted by atomic mass is 9.98. The second-order valence-corrected chi connectivity index (χ2v) is 6.33. The number of carbonyl (C=O) groups excluding carboxylic acids is 1. The summed E-state index contributed by atoms with van der Waals surface area (Å²) in [6.45, 7) is 1.80. The number of likely N-dealkylation sites (tertiary alicyclic amines) is 1. The number of anilines is 1. The van der Waals surface area contributed by atoms with Gasteiger partial charge in [0.2, 0.25) is 5.91 Å². The van der Waals surface area contributed by atoms with Gasteiger partial charge in [0, 0.05) is 30.7 Å². The van der Waals surface area contributed by atoms with Gasteiger partial charge in [0.1, 0.15) is 0 Å². The second-order valence-electron chi connectivity index (χ2n) is 5.44. The van der Waals surface area contributed by atoms with Crippen molar-refractivity contribution in [3.63, 3.8) is 0 Å². The first-order valence-corrected chi connectivity index (χ1v) is 8.55. The number of pyridine rings is 1. The maximum absolute atomic E-state index is 12.0. The molecule has 5 nitrogen and oxygen atoms in total.